The molecule has 2 atom stereocenters. The third kappa shape index (κ3) is 39.2. The van der Waals surface area contributed by atoms with E-state index in [2.05, 4.69) is 35.9 Å². The molecule has 1 rings (SSSR count). The average molecular weight is 936 g/mol. The Morgan fingerprint density at radius 2 is 1.17 bits per heavy atom. The Bertz CT molecular complexity index is 1140. The second kappa shape index (κ2) is 38.9. The number of carbonyl (C=O) groups is 6. The number of ketones is 1. The van der Waals surface area contributed by atoms with Gasteiger partial charge in [0, 0.05) is 43.9 Å². The topological polar surface area (TPSA) is 232 Å². The van der Waals surface area contributed by atoms with E-state index in [0.717, 1.165) is 50.0 Å². The van der Waals surface area contributed by atoms with Gasteiger partial charge in [-0.1, -0.05) is 98.6 Å². The van der Waals surface area contributed by atoms with Crippen LogP contribution >= 0.6 is 68.4 Å². The van der Waals surface area contributed by atoms with Crippen LogP contribution in [0.25, 0.3) is 0 Å². The number of thiol groups is 2. The zero-order valence-corrected chi connectivity index (χ0v) is 38.9. The molecule has 0 aromatic carbocycles. The van der Waals surface area contributed by atoms with Gasteiger partial charge in [0.25, 0.3) is 0 Å². The normalized spacial score (nSPS) is 13.8. The zero-order chi connectivity index (χ0) is 43.3. The Labute approximate surface area is 372 Å². The molecule has 58 heavy (non-hydrogen) atoms. The summed E-state index contributed by atoms with van der Waals surface area (Å²) in [5.74, 6) is -4.38. The number of hydrogen-bond donors (Lipinski definition) is 8. The van der Waals surface area contributed by atoms with E-state index in [4.69, 9.17) is 25.4 Å². The maximum atomic E-state index is 12.4. The lowest BCUT2D eigenvalue weighted by Gasteiger charge is -2.12. The SMILES string of the molecule is N[C@@H](CCCCNC(=O)COCCOCCNC(=O)CC[C@H](CC(=O)CCCCCCCCCCCCCCCCC(=O)O)C(=O)O)C(=O)O.SCSSC1(S)SS1. The molecule has 0 radical (unpaired) electrons. The van der Waals surface area contributed by atoms with Gasteiger partial charge in [0.2, 0.25) is 11.8 Å². The number of nitrogens with two attached hydrogens (primary N) is 1. The van der Waals surface area contributed by atoms with Crippen LogP contribution in [0.2, 0.25) is 0 Å². The molecule has 0 spiro atoms. The number of ether oxygens (including phenoxy) is 2. The highest BCUT2D eigenvalue weighted by molar-refractivity contribution is 9.07. The van der Waals surface area contributed by atoms with Crippen molar-refractivity contribution in [3.8, 4) is 0 Å². The van der Waals surface area contributed by atoms with Crippen LogP contribution in [0.4, 0.5) is 0 Å². The van der Waals surface area contributed by atoms with Gasteiger partial charge >= 0.3 is 17.9 Å². The van der Waals surface area contributed by atoms with E-state index in [-0.39, 0.29) is 79.0 Å². The fourth-order valence-electron chi connectivity index (χ4n) is 5.51. The molecule has 1 aliphatic heterocycles. The molecule has 0 unspecified atom stereocenters. The number of amides is 2. The predicted molar refractivity (Wildman–Crippen MR) is 245 cm³/mol. The van der Waals surface area contributed by atoms with Crippen molar-refractivity contribution >= 4 is 104 Å². The fourth-order valence-corrected chi connectivity index (χ4v) is 11.3. The summed E-state index contributed by atoms with van der Waals surface area (Å²) in [5.41, 5.74) is 5.42. The van der Waals surface area contributed by atoms with E-state index in [1.54, 1.807) is 43.2 Å². The molecule has 2 amide bonds. The molecule has 338 valence electrons. The van der Waals surface area contributed by atoms with Crippen molar-refractivity contribution in [2.45, 2.75) is 150 Å². The molecule has 1 heterocycles. The molecule has 7 N–H and O–H groups in total. The molecule has 20 heteroatoms. The van der Waals surface area contributed by atoms with Crippen LogP contribution < -0.4 is 16.4 Å². The number of nitrogens with one attached hydrogen (secondary N) is 2. The lowest BCUT2D eigenvalue weighted by Crippen LogP contribution is -2.31. The second-order valence-corrected chi connectivity index (χ2v) is 22.2. The predicted octanol–water partition coefficient (Wildman–Crippen LogP) is 7.79. The van der Waals surface area contributed by atoms with Crippen LogP contribution in [-0.2, 0) is 38.2 Å². The van der Waals surface area contributed by atoms with Crippen LogP contribution in [0.3, 0.4) is 0 Å². The van der Waals surface area contributed by atoms with Gasteiger partial charge in [-0.2, -0.15) is 12.6 Å². The number of rotatable bonds is 40. The number of carbonyl (C=O) groups excluding carboxylic acids is 3. The van der Waals surface area contributed by atoms with Gasteiger partial charge in [0.05, 0.1) is 25.7 Å². The number of Topliss-reactive ketones (excluding diaryl/α,β-unsaturated/α-hetero) is 1. The summed E-state index contributed by atoms with van der Waals surface area (Å²) in [5, 5.41) is 33.1. The quantitative estimate of drug-likeness (QED) is 0.00963. The molecule has 0 aromatic heterocycles. The first kappa shape index (κ1) is 57.0. The molecular formula is C38H69N3O11S6. The van der Waals surface area contributed by atoms with Crippen molar-refractivity contribution in [1.82, 2.24) is 10.6 Å². The van der Waals surface area contributed by atoms with Crippen molar-refractivity contribution in [2.24, 2.45) is 11.7 Å². The second-order valence-electron chi connectivity index (χ2n) is 14.0. The maximum Gasteiger partial charge on any atom is 0.320 e. The van der Waals surface area contributed by atoms with E-state index in [1.807, 2.05) is 0 Å². The Balaban J connectivity index is 0.00000358. The summed E-state index contributed by atoms with van der Waals surface area (Å²) in [6.07, 6.45) is 17.5. The Morgan fingerprint density at radius 3 is 1.69 bits per heavy atom. The lowest BCUT2D eigenvalue weighted by molar-refractivity contribution is -0.144. The molecule has 1 fully saturated rings. The van der Waals surface area contributed by atoms with Crippen molar-refractivity contribution < 1.29 is 53.6 Å². The number of unbranched alkanes of at least 4 members (excludes halogenated alkanes) is 14. The first-order chi connectivity index (χ1) is 27.8. The van der Waals surface area contributed by atoms with E-state index >= 15 is 0 Å². The van der Waals surface area contributed by atoms with Crippen molar-refractivity contribution in [3.63, 3.8) is 0 Å². The molecule has 0 bridgehead atoms. The number of carboxylic acid groups (broad SMARTS) is 3. The summed E-state index contributed by atoms with van der Waals surface area (Å²) >= 11 is 8.38. The summed E-state index contributed by atoms with van der Waals surface area (Å²) in [6, 6.07) is -0.894. The molecule has 1 aliphatic rings. The van der Waals surface area contributed by atoms with Crippen molar-refractivity contribution in [1.29, 1.82) is 0 Å². The number of aliphatic carboxylic acids is 3. The minimum Gasteiger partial charge on any atom is -0.481 e. The first-order valence-corrected chi connectivity index (χ1v) is 26.0. The summed E-state index contributed by atoms with van der Waals surface area (Å²) in [6.45, 7) is 1.14. The highest BCUT2D eigenvalue weighted by Gasteiger charge is 2.43. The third-order valence-corrected chi connectivity index (χ3v) is 17.8. The molecule has 14 nitrogen and oxygen atoms in total. The largest absolute Gasteiger partial charge is 0.481 e. The molecule has 1 saturated heterocycles. The van der Waals surface area contributed by atoms with E-state index < -0.39 is 29.9 Å². The Hall–Kier alpha value is -1.00. The van der Waals surface area contributed by atoms with Gasteiger partial charge in [-0.25, -0.2) is 0 Å². The zero-order valence-electron chi connectivity index (χ0n) is 33.9. The van der Waals surface area contributed by atoms with Crippen LogP contribution in [0.1, 0.15) is 141 Å². The van der Waals surface area contributed by atoms with Crippen molar-refractivity contribution in [2.75, 3.05) is 44.6 Å². The molecule has 0 aliphatic carbocycles. The van der Waals surface area contributed by atoms with Crippen LogP contribution in [0.15, 0.2) is 0 Å². The standard InChI is InChI=1S/C36H65N3O11.C2H4S6/c37-31(36(47)48)18-15-16-22-38-33(42)28-50-26-25-49-24-23-39-32(41)21-20-29(35(45)46)27-30(40)17-13-11-9-7-5-3-1-2-4-6-8-10-12-14-19-34(43)44;3-1-5-6-2(4)7-8-2/h29,31H,1-28,37H2,(H,38,42)(H,39,41)(H,43,44)(H,45,46)(H,47,48);3-4H,1H2/t29-,31+;/m1./s1. The maximum absolute atomic E-state index is 12.4. The minimum absolute atomic E-state index is 0.00340. The monoisotopic (exact) mass is 935 g/mol. The van der Waals surface area contributed by atoms with Gasteiger partial charge in [-0.15, -0.1) is 12.6 Å². The Morgan fingerprint density at radius 1 is 0.638 bits per heavy atom. The lowest BCUT2D eigenvalue weighted by atomic mass is 9.94. The van der Waals surface area contributed by atoms with E-state index in [9.17, 15) is 33.9 Å². The smallest absolute Gasteiger partial charge is 0.320 e. The van der Waals surface area contributed by atoms with E-state index in [0.29, 0.717) is 32.2 Å². The van der Waals surface area contributed by atoms with Gasteiger partial charge in [0.15, 0.2) is 2.74 Å². The highest BCUT2D eigenvalue weighted by atomic mass is 33.2. The third-order valence-electron chi connectivity index (χ3n) is 8.84. The average Bonchev–Trinajstić information content (AvgIpc) is 3.92. The number of hydrogen-bond acceptors (Lipinski definition) is 15. The molecular weight excluding hydrogens is 867 g/mol. The van der Waals surface area contributed by atoms with Gasteiger partial charge < -0.3 is 41.2 Å². The van der Waals surface area contributed by atoms with Crippen LogP contribution in [0.5, 0.6) is 0 Å². The van der Waals surface area contributed by atoms with E-state index in [1.165, 1.54) is 44.9 Å². The summed E-state index contributed by atoms with van der Waals surface area (Å²) < 4.78 is 10.8. The fraction of sp³-hybridized carbons (Fsp3) is 0.842. The van der Waals surface area contributed by atoms with Crippen molar-refractivity contribution in [3.05, 3.63) is 0 Å². The highest BCUT2D eigenvalue weighted by Crippen LogP contribution is 2.75. The summed E-state index contributed by atoms with van der Waals surface area (Å²) in [7, 11) is 7.11. The Kier molecular flexibility index (Phi) is 38.2. The van der Waals surface area contributed by atoms with Gasteiger partial charge in [0.1, 0.15) is 18.4 Å². The van der Waals surface area contributed by atoms with Crippen LogP contribution in [0, 0.1) is 5.92 Å². The van der Waals surface area contributed by atoms with Gasteiger partial charge in [-0.05, 0) is 60.1 Å². The molecule has 0 aromatic rings. The van der Waals surface area contributed by atoms with Gasteiger partial charge in [-0.3, -0.25) is 28.8 Å². The first-order valence-electron chi connectivity index (χ1n) is 20.4. The summed E-state index contributed by atoms with van der Waals surface area (Å²) in [4.78, 5) is 69.0. The minimum atomic E-state index is -1.07. The molecule has 0 saturated carbocycles. The van der Waals surface area contributed by atoms with Crippen LogP contribution in [-0.4, -0.2) is 104 Å². The number of carboxylic acids is 3.